The van der Waals surface area contributed by atoms with Crippen LogP contribution < -0.4 is 0 Å². The molecule has 1 aromatic heterocycles. The van der Waals surface area contributed by atoms with Crippen LogP contribution in [-0.2, 0) is 16.5 Å². The van der Waals surface area contributed by atoms with Crippen molar-refractivity contribution < 1.29 is 32.8 Å². The first-order chi connectivity index (χ1) is 10.7. The maximum atomic E-state index is 11.4. The van der Waals surface area contributed by atoms with E-state index in [0.717, 1.165) is 0 Å². The summed E-state index contributed by atoms with van der Waals surface area (Å²) in [6.45, 7) is 0. The molecule has 0 aliphatic carbocycles. The minimum Gasteiger partial charge on any atom is -0.478 e. The van der Waals surface area contributed by atoms with Crippen molar-refractivity contribution in [2.75, 3.05) is 5.75 Å². The van der Waals surface area contributed by atoms with E-state index in [2.05, 4.69) is 4.98 Å². The number of H-pyrrole nitrogens is 1. The quantitative estimate of drug-likeness (QED) is 0.443. The summed E-state index contributed by atoms with van der Waals surface area (Å²) in [5.74, 6) is -3.09. The molecule has 0 spiro atoms. The van der Waals surface area contributed by atoms with Crippen LogP contribution in [0.2, 0.25) is 0 Å². The van der Waals surface area contributed by atoms with Crippen LogP contribution in [0.15, 0.2) is 18.2 Å². The molecule has 0 unspecified atom stereocenters. The molecule has 2 aromatic rings. The van der Waals surface area contributed by atoms with Crippen molar-refractivity contribution in [2.45, 2.75) is 19.3 Å². The van der Waals surface area contributed by atoms with E-state index >= 15 is 0 Å². The zero-order chi connectivity index (χ0) is 17.2. The smallest absolute Gasteiger partial charge is 0.353 e. The van der Waals surface area contributed by atoms with Gasteiger partial charge in [-0.05, 0) is 30.9 Å². The zero-order valence-corrected chi connectivity index (χ0v) is 12.8. The van der Waals surface area contributed by atoms with Gasteiger partial charge in [0.05, 0.1) is 11.3 Å². The molecule has 0 amide bonds. The van der Waals surface area contributed by atoms with Gasteiger partial charge in [-0.3, -0.25) is 4.55 Å². The number of benzene rings is 1. The Morgan fingerprint density at radius 3 is 2.35 bits per heavy atom. The van der Waals surface area contributed by atoms with E-state index in [1.807, 2.05) is 0 Å². The first-order valence-electron chi connectivity index (χ1n) is 6.76. The monoisotopic (exact) mass is 341 g/mol. The van der Waals surface area contributed by atoms with Crippen LogP contribution in [0.3, 0.4) is 0 Å². The number of unbranched alkanes of at least 4 members (excludes halogenated alkanes) is 1. The average molecular weight is 341 g/mol. The topological polar surface area (TPSA) is 145 Å². The highest BCUT2D eigenvalue weighted by Crippen LogP contribution is 2.27. The third-order valence-corrected chi connectivity index (χ3v) is 4.24. The van der Waals surface area contributed by atoms with E-state index in [-0.39, 0.29) is 17.7 Å². The fourth-order valence-electron chi connectivity index (χ4n) is 2.50. The lowest BCUT2D eigenvalue weighted by Crippen LogP contribution is -2.07. The summed E-state index contributed by atoms with van der Waals surface area (Å²) in [7, 11) is -4.03. The summed E-state index contributed by atoms with van der Waals surface area (Å²) in [5.41, 5.74) is 0.307. The van der Waals surface area contributed by atoms with E-state index < -0.39 is 27.8 Å². The molecule has 0 saturated carbocycles. The predicted octanol–water partition coefficient (Wildman–Crippen LogP) is 1.77. The van der Waals surface area contributed by atoms with Gasteiger partial charge in [-0.2, -0.15) is 8.42 Å². The molecule has 2 rings (SSSR count). The number of carboxylic acid groups (broad SMARTS) is 2. The number of aromatic amines is 1. The minimum atomic E-state index is -4.03. The molecule has 0 bridgehead atoms. The van der Waals surface area contributed by atoms with Crippen molar-refractivity contribution in [1.82, 2.24) is 4.98 Å². The Hall–Kier alpha value is -2.39. The Morgan fingerprint density at radius 1 is 1.09 bits per heavy atom. The molecular weight excluding hydrogens is 326 g/mol. The molecule has 1 aromatic carbocycles. The van der Waals surface area contributed by atoms with Gasteiger partial charge >= 0.3 is 11.9 Å². The lowest BCUT2D eigenvalue weighted by Gasteiger charge is -2.04. The van der Waals surface area contributed by atoms with Gasteiger partial charge in [0.25, 0.3) is 10.1 Å². The van der Waals surface area contributed by atoms with Gasteiger partial charge in [0.1, 0.15) is 5.69 Å². The average Bonchev–Trinajstić information content (AvgIpc) is 2.83. The molecule has 23 heavy (non-hydrogen) atoms. The second-order valence-corrected chi connectivity index (χ2v) is 6.64. The van der Waals surface area contributed by atoms with Gasteiger partial charge < -0.3 is 15.2 Å². The molecule has 8 nitrogen and oxygen atoms in total. The van der Waals surface area contributed by atoms with Crippen molar-refractivity contribution in [3.05, 3.63) is 35.0 Å². The van der Waals surface area contributed by atoms with Gasteiger partial charge in [-0.1, -0.05) is 12.1 Å². The first-order valence-corrected chi connectivity index (χ1v) is 8.37. The first kappa shape index (κ1) is 17.0. The van der Waals surface area contributed by atoms with E-state index in [1.165, 1.54) is 0 Å². The van der Waals surface area contributed by atoms with Gasteiger partial charge in [0.15, 0.2) is 0 Å². The van der Waals surface area contributed by atoms with Crippen LogP contribution in [0.4, 0.5) is 0 Å². The van der Waals surface area contributed by atoms with E-state index in [9.17, 15) is 23.1 Å². The summed E-state index contributed by atoms with van der Waals surface area (Å²) in [5, 5.41) is 18.7. The van der Waals surface area contributed by atoms with Gasteiger partial charge in [0.2, 0.25) is 0 Å². The molecule has 124 valence electrons. The van der Waals surface area contributed by atoms with Crippen molar-refractivity contribution in [2.24, 2.45) is 0 Å². The number of hydrogen-bond acceptors (Lipinski definition) is 4. The highest BCUT2D eigenvalue weighted by atomic mass is 32.2. The van der Waals surface area contributed by atoms with E-state index in [0.29, 0.717) is 29.3 Å². The molecule has 0 saturated heterocycles. The molecule has 0 aliphatic rings. The normalized spacial score (nSPS) is 11.7. The summed E-state index contributed by atoms with van der Waals surface area (Å²) in [6, 6.07) is 4.91. The SMILES string of the molecule is O=C(O)c1[nH]c2cccc(CCCCS(=O)(=O)O)c2c1C(=O)O. The maximum Gasteiger partial charge on any atom is 0.353 e. The fourth-order valence-corrected chi connectivity index (χ4v) is 3.07. The molecule has 4 N–H and O–H groups in total. The van der Waals surface area contributed by atoms with Gasteiger partial charge in [-0.25, -0.2) is 9.59 Å². The maximum absolute atomic E-state index is 11.4. The second kappa shape index (κ2) is 6.39. The van der Waals surface area contributed by atoms with Crippen LogP contribution in [0, 0.1) is 0 Å². The zero-order valence-electron chi connectivity index (χ0n) is 11.9. The van der Waals surface area contributed by atoms with Crippen molar-refractivity contribution >= 4 is 33.0 Å². The van der Waals surface area contributed by atoms with Crippen LogP contribution >= 0.6 is 0 Å². The largest absolute Gasteiger partial charge is 0.478 e. The Labute approximate surface area is 131 Å². The number of aromatic nitrogens is 1. The molecule has 0 fully saturated rings. The molecule has 1 heterocycles. The standard InChI is InChI=1S/C14H15NO7S/c16-13(17)11-10-8(4-1-2-7-23(20,21)22)5-3-6-9(10)15-12(11)14(18)19/h3,5-6,15H,1-2,4,7H2,(H,16,17)(H,18,19)(H,20,21,22). The second-order valence-electron chi connectivity index (χ2n) is 5.07. The summed E-state index contributed by atoms with van der Waals surface area (Å²) >= 11 is 0. The Morgan fingerprint density at radius 2 is 1.78 bits per heavy atom. The van der Waals surface area contributed by atoms with Crippen molar-refractivity contribution in [3.63, 3.8) is 0 Å². The number of nitrogens with one attached hydrogen (secondary N) is 1. The third kappa shape index (κ3) is 3.88. The van der Waals surface area contributed by atoms with Crippen LogP contribution in [0.25, 0.3) is 10.9 Å². The number of rotatable bonds is 7. The third-order valence-electron chi connectivity index (χ3n) is 3.44. The molecule has 0 radical (unpaired) electrons. The summed E-state index contributed by atoms with van der Waals surface area (Å²) in [6.07, 6.45) is 0.990. The predicted molar refractivity (Wildman–Crippen MR) is 81.6 cm³/mol. The fraction of sp³-hybridized carbons (Fsp3) is 0.286. The molecule has 0 atom stereocenters. The minimum absolute atomic E-state index is 0.216. The summed E-state index contributed by atoms with van der Waals surface area (Å²) in [4.78, 5) is 25.2. The van der Waals surface area contributed by atoms with Gasteiger partial charge in [0, 0.05) is 10.9 Å². The number of carbonyl (C=O) groups is 2. The number of carboxylic acids is 2. The molecular formula is C14H15NO7S. The Balaban J connectivity index is 2.37. The van der Waals surface area contributed by atoms with Gasteiger partial charge in [-0.15, -0.1) is 0 Å². The lowest BCUT2D eigenvalue weighted by molar-refractivity contribution is 0.0649. The number of hydrogen-bond donors (Lipinski definition) is 4. The van der Waals surface area contributed by atoms with E-state index in [1.54, 1.807) is 18.2 Å². The highest BCUT2D eigenvalue weighted by Gasteiger charge is 2.24. The molecule has 9 heteroatoms. The van der Waals surface area contributed by atoms with Crippen LogP contribution in [0.1, 0.15) is 39.3 Å². The number of aromatic carboxylic acids is 2. The van der Waals surface area contributed by atoms with E-state index in [4.69, 9.17) is 9.66 Å². The van der Waals surface area contributed by atoms with Crippen molar-refractivity contribution in [3.8, 4) is 0 Å². The molecule has 0 aliphatic heterocycles. The number of aryl methyl sites for hydroxylation is 1. The van der Waals surface area contributed by atoms with Crippen LogP contribution in [0.5, 0.6) is 0 Å². The summed E-state index contributed by atoms with van der Waals surface area (Å²) < 4.78 is 30.1. The van der Waals surface area contributed by atoms with Crippen molar-refractivity contribution in [1.29, 1.82) is 0 Å². The Bertz CT molecular complexity index is 867. The Kier molecular flexibility index (Phi) is 4.71. The highest BCUT2D eigenvalue weighted by molar-refractivity contribution is 7.85. The number of fused-ring (bicyclic) bond motifs is 1. The van der Waals surface area contributed by atoms with Crippen LogP contribution in [-0.4, -0.2) is 45.9 Å². The lowest BCUT2D eigenvalue weighted by atomic mass is 10.0.